The van der Waals surface area contributed by atoms with Gasteiger partial charge in [0.15, 0.2) is 0 Å². The van der Waals surface area contributed by atoms with Crippen molar-refractivity contribution in [2.75, 3.05) is 18.8 Å². The molecule has 13 heavy (non-hydrogen) atoms. The number of hydrogen-bond donors (Lipinski definition) is 0. The van der Waals surface area contributed by atoms with Crippen molar-refractivity contribution < 1.29 is 0 Å². The molecular weight excluding hydrogens is 198 g/mol. The molecular formula is C10H17NS2. The molecule has 0 aromatic heterocycles. The molecule has 1 nitrogen and oxygen atoms in total. The van der Waals surface area contributed by atoms with E-state index < -0.39 is 0 Å². The van der Waals surface area contributed by atoms with E-state index in [1.165, 1.54) is 25.7 Å². The van der Waals surface area contributed by atoms with Crippen molar-refractivity contribution in [3.63, 3.8) is 0 Å². The Morgan fingerprint density at radius 3 is 2.46 bits per heavy atom. The Labute approximate surface area is 90.6 Å². The summed E-state index contributed by atoms with van der Waals surface area (Å²) in [5, 5.41) is 0. The van der Waals surface area contributed by atoms with Gasteiger partial charge in [-0.1, -0.05) is 42.9 Å². The molecule has 1 aliphatic rings. The summed E-state index contributed by atoms with van der Waals surface area (Å²) in [6.07, 6.45) is 7.24. The predicted octanol–water partition coefficient (Wildman–Crippen LogP) is 3.07. The molecule has 0 unspecified atom stereocenters. The number of thioether (sulfide) groups is 1. The maximum Gasteiger partial charge on any atom is 0.136 e. The van der Waals surface area contributed by atoms with E-state index in [0.717, 1.165) is 23.2 Å². The molecule has 3 heteroatoms. The second kappa shape index (κ2) is 6.44. The highest BCUT2D eigenvalue weighted by atomic mass is 32.2. The molecule has 0 aliphatic carbocycles. The highest BCUT2D eigenvalue weighted by molar-refractivity contribution is 8.23. The van der Waals surface area contributed by atoms with E-state index >= 15 is 0 Å². The number of thiocarbonyl (C=S) groups is 1. The fourth-order valence-corrected chi connectivity index (χ4v) is 2.49. The molecule has 0 aromatic carbocycles. The highest BCUT2D eigenvalue weighted by Crippen LogP contribution is 2.15. The van der Waals surface area contributed by atoms with E-state index in [9.17, 15) is 0 Å². The first-order valence-electron chi connectivity index (χ1n) is 4.87. The van der Waals surface area contributed by atoms with Crippen LogP contribution in [0.1, 0.15) is 25.7 Å². The van der Waals surface area contributed by atoms with Gasteiger partial charge in [-0.05, 0) is 12.8 Å². The summed E-state index contributed by atoms with van der Waals surface area (Å²) < 4.78 is 1.06. The fourth-order valence-electron chi connectivity index (χ4n) is 1.47. The molecule has 0 N–H and O–H groups in total. The Bertz CT molecular complexity index is 172. The lowest BCUT2D eigenvalue weighted by Crippen LogP contribution is -2.28. The zero-order valence-electron chi connectivity index (χ0n) is 8.00. The van der Waals surface area contributed by atoms with Crippen molar-refractivity contribution in [2.24, 2.45) is 0 Å². The standard InChI is InChI=1S/C10H17NS2/c1-2-9-13-10(12)11-7-5-3-4-6-8-11/h2H,1,3-9H2. The van der Waals surface area contributed by atoms with Crippen LogP contribution in [0.15, 0.2) is 12.7 Å². The van der Waals surface area contributed by atoms with Gasteiger partial charge in [0.25, 0.3) is 0 Å². The van der Waals surface area contributed by atoms with Crippen molar-refractivity contribution in [3.8, 4) is 0 Å². The molecule has 0 amide bonds. The van der Waals surface area contributed by atoms with Gasteiger partial charge in [-0.3, -0.25) is 0 Å². The van der Waals surface area contributed by atoms with Crippen LogP contribution >= 0.6 is 24.0 Å². The van der Waals surface area contributed by atoms with Crippen molar-refractivity contribution in [1.29, 1.82) is 0 Å². The average Bonchev–Trinajstić information content (AvgIpc) is 2.42. The van der Waals surface area contributed by atoms with Crippen LogP contribution < -0.4 is 0 Å². The number of hydrogen-bond acceptors (Lipinski definition) is 2. The van der Waals surface area contributed by atoms with Crippen molar-refractivity contribution in [2.45, 2.75) is 25.7 Å². The summed E-state index contributed by atoms with van der Waals surface area (Å²) in [5.41, 5.74) is 0. The monoisotopic (exact) mass is 215 g/mol. The van der Waals surface area contributed by atoms with Gasteiger partial charge < -0.3 is 4.90 Å². The molecule has 1 heterocycles. The molecule has 0 aromatic rings. The molecule has 1 saturated heterocycles. The minimum Gasteiger partial charge on any atom is -0.358 e. The third-order valence-electron chi connectivity index (χ3n) is 2.19. The molecule has 0 atom stereocenters. The molecule has 1 fully saturated rings. The van der Waals surface area contributed by atoms with Gasteiger partial charge in [0.1, 0.15) is 4.32 Å². The van der Waals surface area contributed by atoms with Gasteiger partial charge in [0.05, 0.1) is 0 Å². The largest absolute Gasteiger partial charge is 0.358 e. The van der Waals surface area contributed by atoms with E-state index in [0.29, 0.717) is 0 Å². The van der Waals surface area contributed by atoms with Gasteiger partial charge >= 0.3 is 0 Å². The molecule has 1 aliphatic heterocycles. The summed E-state index contributed by atoms with van der Waals surface area (Å²) in [7, 11) is 0. The summed E-state index contributed by atoms with van der Waals surface area (Å²) in [4.78, 5) is 2.34. The molecule has 0 radical (unpaired) electrons. The Hall–Kier alpha value is -0.0200. The highest BCUT2D eigenvalue weighted by Gasteiger charge is 2.11. The second-order valence-electron chi connectivity index (χ2n) is 3.27. The SMILES string of the molecule is C=CCSC(=S)N1CCCCCC1. The lowest BCUT2D eigenvalue weighted by Gasteiger charge is -2.21. The summed E-state index contributed by atoms with van der Waals surface area (Å²) >= 11 is 7.07. The van der Waals surface area contributed by atoms with Gasteiger partial charge in [-0.25, -0.2) is 0 Å². The zero-order valence-corrected chi connectivity index (χ0v) is 9.63. The molecule has 0 spiro atoms. The lowest BCUT2D eigenvalue weighted by molar-refractivity contribution is 0.450. The maximum absolute atomic E-state index is 5.34. The number of likely N-dealkylation sites (tertiary alicyclic amines) is 1. The van der Waals surface area contributed by atoms with E-state index in [1.54, 1.807) is 11.8 Å². The smallest absolute Gasteiger partial charge is 0.136 e. The quantitative estimate of drug-likeness (QED) is 0.515. The summed E-state index contributed by atoms with van der Waals surface area (Å²) in [6.45, 7) is 6.01. The van der Waals surface area contributed by atoms with Crippen molar-refractivity contribution in [3.05, 3.63) is 12.7 Å². The van der Waals surface area contributed by atoms with Crippen LogP contribution in [0.2, 0.25) is 0 Å². The van der Waals surface area contributed by atoms with Gasteiger partial charge in [0.2, 0.25) is 0 Å². The third kappa shape index (κ3) is 4.14. The first-order valence-corrected chi connectivity index (χ1v) is 6.26. The molecule has 0 bridgehead atoms. The Morgan fingerprint density at radius 1 is 1.31 bits per heavy atom. The van der Waals surface area contributed by atoms with Crippen LogP contribution in [0.25, 0.3) is 0 Å². The van der Waals surface area contributed by atoms with Gasteiger partial charge in [0, 0.05) is 18.8 Å². The number of nitrogens with zero attached hydrogens (tertiary/aromatic N) is 1. The normalized spacial score (nSPS) is 18.0. The lowest BCUT2D eigenvalue weighted by atomic mass is 10.2. The first kappa shape index (κ1) is 11.1. The molecule has 1 rings (SSSR count). The predicted molar refractivity (Wildman–Crippen MR) is 65.3 cm³/mol. The van der Waals surface area contributed by atoms with Crippen LogP contribution in [0, 0.1) is 0 Å². The van der Waals surface area contributed by atoms with Crippen LogP contribution in [-0.2, 0) is 0 Å². The Kier molecular flexibility index (Phi) is 5.47. The Morgan fingerprint density at radius 2 is 1.92 bits per heavy atom. The van der Waals surface area contributed by atoms with E-state index in [1.807, 2.05) is 6.08 Å². The molecule has 74 valence electrons. The van der Waals surface area contributed by atoms with E-state index in [2.05, 4.69) is 11.5 Å². The van der Waals surface area contributed by atoms with Crippen molar-refractivity contribution in [1.82, 2.24) is 4.90 Å². The average molecular weight is 215 g/mol. The summed E-state index contributed by atoms with van der Waals surface area (Å²) in [5.74, 6) is 0.940. The van der Waals surface area contributed by atoms with E-state index in [4.69, 9.17) is 12.2 Å². The number of rotatable bonds is 2. The summed E-state index contributed by atoms with van der Waals surface area (Å²) in [6, 6.07) is 0. The van der Waals surface area contributed by atoms with E-state index in [-0.39, 0.29) is 0 Å². The van der Waals surface area contributed by atoms with Crippen LogP contribution in [0.4, 0.5) is 0 Å². The Balaban J connectivity index is 2.30. The third-order valence-corrected chi connectivity index (χ3v) is 3.71. The second-order valence-corrected chi connectivity index (χ2v) is 4.92. The minimum absolute atomic E-state index is 0.940. The minimum atomic E-state index is 0.940. The fraction of sp³-hybridized carbons (Fsp3) is 0.700. The molecule has 0 saturated carbocycles. The van der Waals surface area contributed by atoms with Crippen LogP contribution in [0.5, 0.6) is 0 Å². The van der Waals surface area contributed by atoms with Gasteiger partial charge in [-0.15, -0.1) is 6.58 Å². The van der Waals surface area contributed by atoms with Crippen LogP contribution in [-0.4, -0.2) is 28.1 Å². The zero-order chi connectivity index (χ0) is 9.52. The topological polar surface area (TPSA) is 3.24 Å². The van der Waals surface area contributed by atoms with Crippen LogP contribution in [0.3, 0.4) is 0 Å². The van der Waals surface area contributed by atoms with Crippen molar-refractivity contribution >= 4 is 28.3 Å². The first-order chi connectivity index (χ1) is 6.34. The van der Waals surface area contributed by atoms with Gasteiger partial charge in [-0.2, -0.15) is 0 Å². The maximum atomic E-state index is 5.34.